The topological polar surface area (TPSA) is 30.2 Å². The number of hydrogen-bond acceptors (Lipinski definition) is 2. The van der Waals surface area contributed by atoms with E-state index in [0.717, 1.165) is 0 Å². The van der Waals surface area contributed by atoms with Gasteiger partial charge >= 0.3 is 0 Å². The van der Waals surface area contributed by atoms with Crippen molar-refractivity contribution in [1.82, 2.24) is 0 Å². The standard InChI is InChI=1S/C7H5O2/c1-6(5-8)7-3-2-4-9-7/h2-4H,1H2. The monoisotopic (exact) mass is 121 g/mol. The van der Waals surface area contributed by atoms with Crippen molar-refractivity contribution < 1.29 is 9.21 Å². The van der Waals surface area contributed by atoms with Crippen LogP contribution in [0.4, 0.5) is 0 Å². The molecule has 0 aliphatic rings. The molecule has 1 aromatic heterocycles. The highest BCUT2D eigenvalue weighted by atomic mass is 16.3. The SMILES string of the molecule is C=C([C]=O)c1ccco1. The van der Waals surface area contributed by atoms with Crippen molar-refractivity contribution in [2.75, 3.05) is 0 Å². The first-order valence-electron chi connectivity index (χ1n) is 2.45. The molecule has 0 spiro atoms. The molecule has 2 nitrogen and oxygen atoms in total. The van der Waals surface area contributed by atoms with Gasteiger partial charge < -0.3 is 4.42 Å². The zero-order valence-corrected chi connectivity index (χ0v) is 4.76. The largest absolute Gasteiger partial charge is 0.464 e. The molecule has 0 aliphatic heterocycles. The maximum atomic E-state index is 9.92. The van der Waals surface area contributed by atoms with Crippen LogP contribution in [-0.2, 0) is 4.79 Å². The lowest BCUT2D eigenvalue weighted by Gasteiger charge is -1.84. The van der Waals surface area contributed by atoms with Crippen LogP contribution in [0, 0.1) is 0 Å². The third kappa shape index (κ3) is 1.08. The maximum Gasteiger partial charge on any atom is 0.236 e. The van der Waals surface area contributed by atoms with Crippen molar-refractivity contribution in [2.24, 2.45) is 0 Å². The minimum atomic E-state index is 0.250. The number of rotatable bonds is 2. The van der Waals surface area contributed by atoms with E-state index in [-0.39, 0.29) is 5.57 Å². The molecule has 1 radical (unpaired) electrons. The molecule has 2 heteroatoms. The summed E-state index contributed by atoms with van der Waals surface area (Å²) in [4.78, 5) is 9.92. The van der Waals surface area contributed by atoms with Gasteiger partial charge in [0.05, 0.1) is 11.8 Å². The molecule has 0 bridgehead atoms. The maximum absolute atomic E-state index is 9.92. The average Bonchev–Trinajstić information content (AvgIpc) is 2.37. The summed E-state index contributed by atoms with van der Waals surface area (Å²) in [6.45, 7) is 3.40. The second-order valence-electron chi connectivity index (χ2n) is 1.56. The van der Waals surface area contributed by atoms with Crippen LogP contribution in [0.1, 0.15) is 5.76 Å². The zero-order chi connectivity index (χ0) is 6.69. The summed E-state index contributed by atoms with van der Waals surface area (Å²) >= 11 is 0. The molecular weight excluding hydrogens is 116 g/mol. The van der Waals surface area contributed by atoms with Gasteiger partial charge in [0.2, 0.25) is 6.29 Å². The lowest BCUT2D eigenvalue weighted by Crippen LogP contribution is -1.76. The van der Waals surface area contributed by atoms with Crippen LogP contribution in [-0.4, -0.2) is 6.29 Å². The Morgan fingerprint density at radius 3 is 3.00 bits per heavy atom. The van der Waals surface area contributed by atoms with Crippen LogP contribution in [0.5, 0.6) is 0 Å². The quantitative estimate of drug-likeness (QED) is 0.553. The first-order valence-corrected chi connectivity index (χ1v) is 2.45. The van der Waals surface area contributed by atoms with Crippen molar-refractivity contribution in [3.63, 3.8) is 0 Å². The van der Waals surface area contributed by atoms with Gasteiger partial charge in [-0.1, -0.05) is 6.58 Å². The fourth-order valence-electron chi connectivity index (χ4n) is 0.501. The third-order valence-electron chi connectivity index (χ3n) is 0.942. The lowest BCUT2D eigenvalue weighted by atomic mass is 10.3. The molecule has 0 aliphatic carbocycles. The Kier molecular flexibility index (Phi) is 1.49. The molecule has 0 unspecified atom stereocenters. The van der Waals surface area contributed by atoms with Gasteiger partial charge in [-0.05, 0) is 12.1 Å². The molecule has 45 valence electrons. The molecule has 0 saturated carbocycles. The van der Waals surface area contributed by atoms with E-state index in [2.05, 4.69) is 6.58 Å². The van der Waals surface area contributed by atoms with E-state index in [4.69, 9.17) is 4.42 Å². The molecule has 0 amide bonds. The minimum Gasteiger partial charge on any atom is -0.464 e. The molecule has 0 fully saturated rings. The number of hydrogen-bond donors (Lipinski definition) is 0. The van der Waals surface area contributed by atoms with Gasteiger partial charge in [-0.2, -0.15) is 0 Å². The van der Waals surface area contributed by atoms with Crippen molar-refractivity contribution in [3.05, 3.63) is 30.7 Å². The smallest absolute Gasteiger partial charge is 0.236 e. The lowest BCUT2D eigenvalue weighted by molar-refractivity contribution is 0.546. The van der Waals surface area contributed by atoms with E-state index in [9.17, 15) is 4.79 Å². The van der Waals surface area contributed by atoms with Crippen LogP contribution in [0.3, 0.4) is 0 Å². The van der Waals surface area contributed by atoms with Gasteiger partial charge in [0.1, 0.15) is 5.76 Å². The Balaban J connectivity index is 2.89. The second-order valence-corrected chi connectivity index (χ2v) is 1.56. The van der Waals surface area contributed by atoms with Crippen molar-refractivity contribution >= 4 is 11.9 Å². The van der Waals surface area contributed by atoms with Crippen LogP contribution in [0.25, 0.3) is 5.57 Å². The molecule has 9 heavy (non-hydrogen) atoms. The molecule has 1 rings (SSSR count). The summed E-state index contributed by atoms with van der Waals surface area (Å²) in [7, 11) is 0. The van der Waals surface area contributed by atoms with E-state index >= 15 is 0 Å². The first-order chi connectivity index (χ1) is 4.34. The third-order valence-corrected chi connectivity index (χ3v) is 0.942. The predicted molar refractivity (Wildman–Crippen MR) is 33.4 cm³/mol. The van der Waals surface area contributed by atoms with Crippen LogP contribution in [0.15, 0.2) is 29.4 Å². The van der Waals surface area contributed by atoms with E-state index in [1.165, 1.54) is 6.26 Å². The second kappa shape index (κ2) is 2.31. The Bertz CT molecular complexity index is 209. The van der Waals surface area contributed by atoms with Gasteiger partial charge in [-0.15, -0.1) is 0 Å². The van der Waals surface area contributed by atoms with E-state index in [1.54, 1.807) is 18.4 Å². The molecule has 0 saturated heterocycles. The highest BCUT2D eigenvalue weighted by molar-refractivity contribution is 6.04. The molecule has 1 heterocycles. The summed E-state index contributed by atoms with van der Waals surface area (Å²) in [5.74, 6) is 0.477. The number of allylic oxidation sites excluding steroid dienone is 1. The summed E-state index contributed by atoms with van der Waals surface area (Å²) in [6.07, 6.45) is 3.11. The number of carbonyl (C=O) groups excluding carboxylic acids is 1. The fourth-order valence-corrected chi connectivity index (χ4v) is 0.501. The Labute approximate surface area is 52.8 Å². The van der Waals surface area contributed by atoms with Crippen LogP contribution < -0.4 is 0 Å². The molecule has 0 aromatic carbocycles. The molecular formula is C7H5O2. The minimum absolute atomic E-state index is 0.250. The van der Waals surface area contributed by atoms with E-state index < -0.39 is 0 Å². The predicted octanol–water partition coefficient (Wildman–Crippen LogP) is 1.40. The highest BCUT2D eigenvalue weighted by Gasteiger charge is 1.97. The van der Waals surface area contributed by atoms with E-state index in [1.807, 2.05) is 0 Å². The Morgan fingerprint density at radius 2 is 2.56 bits per heavy atom. The molecule has 0 atom stereocenters. The summed E-state index contributed by atoms with van der Waals surface area (Å²) in [5, 5.41) is 0. The summed E-state index contributed by atoms with van der Waals surface area (Å²) < 4.78 is 4.82. The van der Waals surface area contributed by atoms with Gasteiger partial charge in [-0.3, -0.25) is 4.79 Å². The van der Waals surface area contributed by atoms with Gasteiger partial charge in [0.25, 0.3) is 0 Å². The number of furan rings is 1. The zero-order valence-electron chi connectivity index (χ0n) is 4.76. The Morgan fingerprint density at radius 1 is 1.78 bits per heavy atom. The van der Waals surface area contributed by atoms with Crippen LogP contribution in [0.2, 0.25) is 0 Å². The van der Waals surface area contributed by atoms with Crippen molar-refractivity contribution in [2.45, 2.75) is 0 Å². The summed E-state index contributed by atoms with van der Waals surface area (Å²) in [5.41, 5.74) is 0.250. The van der Waals surface area contributed by atoms with Crippen molar-refractivity contribution in [1.29, 1.82) is 0 Å². The summed E-state index contributed by atoms with van der Waals surface area (Å²) in [6, 6.07) is 3.35. The molecule has 0 N–H and O–H groups in total. The van der Waals surface area contributed by atoms with Gasteiger partial charge in [0, 0.05) is 0 Å². The highest BCUT2D eigenvalue weighted by Crippen LogP contribution is 2.08. The van der Waals surface area contributed by atoms with Gasteiger partial charge in [0.15, 0.2) is 0 Å². The van der Waals surface area contributed by atoms with Gasteiger partial charge in [-0.25, -0.2) is 0 Å². The molecule has 1 aromatic rings. The van der Waals surface area contributed by atoms with Crippen LogP contribution >= 0.6 is 0 Å². The Hall–Kier alpha value is -1.31. The van der Waals surface area contributed by atoms with Crippen molar-refractivity contribution in [3.8, 4) is 0 Å². The fraction of sp³-hybridized carbons (Fsp3) is 0. The van der Waals surface area contributed by atoms with E-state index in [0.29, 0.717) is 5.76 Å². The normalized spacial score (nSPS) is 8.89. The average molecular weight is 121 g/mol. The first kappa shape index (κ1) is 5.82.